The molecule has 0 fully saturated rings. The highest BCUT2D eigenvalue weighted by Gasteiger charge is 2.19. The Morgan fingerprint density at radius 2 is 0.500 bits per heavy atom. The van der Waals surface area contributed by atoms with Crippen molar-refractivity contribution in [3.8, 4) is 45.0 Å². The summed E-state index contributed by atoms with van der Waals surface area (Å²) in [6.07, 6.45) is 0. The molecule has 7 aromatic rings. The predicted octanol–water partition coefficient (Wildman–Crippen LogP) is 7.03. The van der Waals surface area contributed by atoms with Gasteiger partial charge in [-0.25, -0.2) is 39.1 Å². The van der Waals surface area contributed by atoms with Crippen LogP contribution in [0, 0.1) is 0 Å². The topological polar surface area (TPSA) is 201 Å². The minimum atomic E-state index is -1.08. The largest absolute Gasteiger partial charge is 0.478 e. The van der Waals surface area contributed by atoms with Gasteiger partial charge in [0.25, 0.3) is 0 Å². The number of nitrogens with zero attached hydrogens (tertiary/aromatic N) is 4. The van der Waals surface area contributed by atoms with E-state index in [0.717, 1.165) is 0 Å². The molecule has 0 amide bonds. The summed E-state index contributed by atoms with van der Waals surface area (Å²) in [7, 11) is 0. The molecule has 12 nitrogen and oxygen atoms in total. The van der Waals surface area contributed by atoms with Crippen molar-refractivity contribution >= 4 is 45.9 Å². The van der Waals surface area contributed by atoms with Crippen molar-refractivity contribution in [2.24, 2.45) is 0 Å². The van der Waals surface area contributed by atoms with Crippen LogP contribution in [0.3, 0.4) is 0 Å². The maximum absolute atomic E-state index is 11.5. The van der Waals surface area contributed by atoms with Crippen LogP contribution < -0.4 is 0 Å². The van der Waals surface area contributed by atoms with Gasteiger partial charge < -0.3 is 20.4 Å². The van der Waals surface area contributed by atoms with Crippen molar-refractivity contribution in [2.45, 2.75) is 0 Å². The van der Waals surface area contributed by atoms with Gasteiger partial charge in [0.1, 0.15) is 0 Å². The lowest BCUT2D eigenvalue weighted by molar-refractivity contribution is 0.0686. The average molecular weight is 663 g/mol. The number of benzene rings is 5. The van der Waals surface area contributed by atoms with E-state index in [0.29, 0.717) is 67.1 Å². The molecule has 0 saturated heterocycles. The average Bonchev–Trinajstić information content (AvgIpc) is 3.13. The molecule has 0 radical (unpaired) electrons. The van der Waals surface area contributed by atoms with Gasteiger partial charge >= 0.3 is 23.9 Å². The second kappa shape index (κ2) is 12.4. The molecule has 0 unspecified atom stereocenters. The Morgan fingerprint density at radius 3 is 0.660 bits per heavy atom. The molecule has 0 bridgehead atoms. The predicted molar refractivity (Wildman–Crippen MR) is 182 cm³/mol. The van der Waals surface area contributed by atoms with Crippen LogP contribution in [0.2, 0.25) is 0 Å². The maximum atomic E-state index is 11.5. The number of carboxylic acid groups (broad SMARTS) is 4. The lowest BCUT2D eigenvalue weighted by Crippen LogP contribution is -2.01. The first-order valence-electron chi connectivity index (χ1n) is 14.9. The van der Waals surface area contributed by atoms with E-state index >= 15 is 0 Å². The fourth-order valence-electron chi connectivity index (χ4n) is 5.49. The molecule has 0 aliphatic carbocycles. The highest BCUT2D eigenvalue weighted by Crippen LogP contribution is 2.35. The molecule has 50 heavy (non-hydrogen) atoms. The van der Waals surface area contributed by atoms with Crippen LogP contribution in [0.5, 0.6) is 0 Å². The third kappa shape index (κ3) is 5.84. The van der Waals surface area contributed by atoms with E-state index in [4.69, 9.17) is 19.9 Å². The van der Waals surface area contributed by atoms with Crippen LogP contribution in [0.4, 0.5) is 0 Å². The summed E-state index contributed by atoms with van der Waals surface area (Å²) in [5.74, 6) is -4.33. The molecular weight excluding hydrogens is 640 g/mol. The molecule has 4 N–H and O–H groups in total. The first-order chi connectivity index (χ1) is 24.0. The highest BCUT2D eigenvalue weighted by molar-refractivity contribution is 5.98. The van der Waals surface area contributed by atoms with Crippen LogP contribution in [0.25, 0.3) is 67.1 Å². The minimum absolute atomic E-state index is 0.0912. The number of fused-ring (bicyclic) bond motifs is 2. The summed E-state index contributed by atoms with van der Waals surface area (Å²) in [6.45, 7) is 0. The molecule has 7 rings (SSSR count). The van der Waals surface area contributed by atoms with Gasteiger partial charge in [0, 0.05) is 22.3 Å². The lowest BCUT2D eigenvalue weighted by Gasteiger charge is -2.14. The smallest absolute Gasteiger partial charge is 0.335 e. The van der Waals surface area contributed by atoms with Crippen LogP contribution >= 0.6 is 0 Å². The molecule has 12 heteroatoms. The summed E-state index contributed by atoms with van der Waals surface area (Å²) < 4.78 is 0. The number of carboxylic acids is 4. The van der Waals surface area contributed by atoms with Gasteiger partial charge in [-0.15, -0.1) is 0 Å². The van der Waals surface area contributed by atoms with Crippen molar-refractivity contribution in [1.82, 2.24) is 19.9 Å². The first-order valence-corrected chi connectivity index (χ1v) is 14.9. The third-order valence-electron chi connectivity index (χ3n) is 8.07. The number of hydrogen-bond donors (Lipinski definition) is 4. The van der Waals surface area contributed by atoms with Crippen molar-refractivity contribution in [2.75, 3.05) is 0 Å². The van der Waals surface area contributed by atoms with E-state index in [1.54, 1.807) is 60.7 Å². The zero-order chi connectivity index (χ0) is 35.1. The monoisotopic (exact) mass is 662 g/mol. The molecule has 0 aliphatic heterocycles. The van der Waals surface area contributed by atoms with Gasteiger partial charge in [-0.2, -0.15) is 0 Å². The van der Waals surface area contributed by atoms with E-state index in [1.807, 2.05) is 0 Å². The Morgan fingerprint density at radius 1 is 0.320 bits per heavy atom. The molecule has 2 aromatic heterocycles. The number of aromatic carboxylic acids is 4. The van der Waals surface area contributed by atoms with Crippen molar-refractivity contribution < 1.29 is 39.6 Å². The van der Waals surface area contributed by atoms with Gasteiger partial charge in [-0.05, 0) is 60.7 Å². The van der Waals surface area contributed by atoms with Crippen molar-refractivity contribution in [3.63, 3.8) is 0 Å². The maximum Gasteiger partial charge on any atom is 0.335 e. The van der Waals surface area contributed by atoms with Gasteiger partial charge in [-0.1, -0.05) is 48.5 Å². The SMILES string of the molecule is O=C(O)c1ccc(-c2nc3cc4nc(-c5ccc(C(=O)O)cc5)c(-c5ccc(C(=O)O)cc5)nc4cc3nc2-c2ccc(C(=O)O)cc2)cc1. The van der Waals surface area contributed by atoms with Crippen LogP contribution in [-0.2, 0) is 0 Å². The summed E-state index contributed by atoms with van der Waals surface area (Å²) in [5, 5.41) is 37.7. The second-order valence-electron chi connectivity index (χ2n) is 11.2. The van der Waals surface area contributed by atoms with Gasteiger partial charge in [0.05, 0.1) is 67.1 Å². The normalized spacial score (nSPS) is 11.0. The Hall–Kier alpha value is -7.34. The quantitative estimate of drug-likeness (QED) is 0.121. The molecule has 0 saturated carbocycles. The molecule has 0 atom stereocenters. The lowest BCUT2D eigenvalue weighted by atomic mass is 10.0. The van der Waals surface area contributed by atoms with Crippen LogP contribution in [-0.4, -0.2) is 64.2 Å². The minimum Gasteiger partial charge on any atom is -0.478 e. The molecule has 2 heterocycles. The zero-order valence-corrected chi connectivity index (χ0v) is 25.6. The van der Waals surface area contributed by atoms with Crippen molar-refractivity contribution in [1.29, 1.82) is 0 Å². The summed E-state index contributed by atoms with van der Waals surface area (Å²) >= 11 is 0. The highest BCUT2D eigenvalue weighted by atomic mass is 16.4. The zero-order valence-electron chi connectivity index (χ0n) is 25.6. The molecule has 242 valence electrons. The number of carbonyl (C=O) groups is 4. The fraction of sp³-hybridized carbons (Fsp3) is 0. The standard InChI is InChI=1S/C38H22N4O8/c43-35(44)23-9-1-19(2-10-23)31-32(20-3-11-24(12-4-20)36(45)46)40-28-18-30-29(17-27(28)39-31)41-33(21-5-13-25(14-6-21)37(47)48)34(42-30)22-7-15-26(16-8-22)38(49)50/h1-18H,(H,43,44)(H,45,46)(H,47,48)(H,49,50). The van der Waals surface area contributed by atoms with Gasteiger partial charge in [0.15, 0.2) is 0 Å². The van der Waals surface area contributed by atoms with Crippen LogP contribution in [0.1, 0.15) is 41.4 Å². The number of rotatable bonds is 8. The van der Waals surface area contributed by atoms with E-state index in [2.05, 4.69) is 0 Å². The fourth-order valence-corrected chi connectivity index (χ4v) is 5.49. The Balaban J connectivity index is 1.46. The number of aromatic nitrogens is 4. The second-order valence-corrected chi connectivity index (χ2v) is 11.2. The Labute approximate surface area is 281 Å². The summed E-state index contributed by atoms with van der Waals surface area (Å²) in [5.41, 5.74) is 6.13. The van der Waals surface area contributed by atoms with Gasteiger partial charge in [0.2, 0.25) is 0 Å². The first kappa shape index (κ1) is 31.3. The van der Waals surface area contributed by atoms with E-state index in [-0.39, 0.29) is 22.3 Å². The Kier molecular flexibility index (Phi) is 7.73. The molecule has 0 aliphatic rings. The van der Waals surface area contributed by atoms with Crippen molar-refractivity contribution in [3.05, 3.63) is 131 Å². The molecule has 0 spiro atoms. The van der Waals surface area contributed by atoms with Crippen LogP contribution in [0.15, 0.2) is 109 Å². The van der Waals surface area contributed by atoms with Gasteiger partial charge in [-0.3, -0.25) is 0 Å². The number of hydrogen-bond acceptors (Lipinski definition) is 8. The molecular formula is C38H22N4O8. The van der Waals surface area contributed by atoms with E-state index in [9.17, 15) is 39.6 Å². The summed E-state index contributed by atoms with van der Waals surface area (Å²) in [6, 6.07) is 28.1. The molecule has 5 aromatic carbocycles. The third-order valence-corrected chi connectivity index (χ3v) is 8.07. The Bertz CT molecular complexity index is 2160. The van der Waals surface area contributed by atoms with E-state index < -0.39 is 23.9 Å². The summed E-state index contributed by atoms with van der Waals surface area (Å²) in [4.78, 5) is 65.8. The van der Waals surface area contributed by atoms with E-state index in [1.165, 1.54) is 48.5 Å².